The van der Waals surface area contributed by atoms with Gasteiger partial charge in [-0.05, 0) is 47.2 Å². The number of ether oxygens (including phenoxy) is 3. The van der Waals surface area contributed by atoms with Gasteiger partial charge in [0.15, 0.2) is 11.5 Å². The summed E-state index contributed by atoms with van der Waals surface area (Å²) in [6.07, 6.45) is 1.91. The Kier molecular flexibility index (Phi) is 5.27. The van der Waals surface area contributed by atoms with Gasteiger partial charge in [0.2, 0.25) is 18.6 Å². The number of carbonyl (C=O) groups is 3. The third kappa shape index (κ3) is 3.56. The molecule has 3 heterocycles. The van der Waals surface area contributed by atoms with Gasteiger partial charge >= 0.3 is 5.97 Å². The number of rotatable bonds is 3. The molecule has 3 aliphatic heterocycles. The molecule has 0 saturated carbocycles. The van der Waals surface area contributed by atoms with E-state index in [1.165, 1.54) is 18.2 Å². The summed E-state index contributed by atoms with van der Waals surface area (Å²) in [5.74, 6) is -3.67. The van der Waals surface area contributed by atoms with E-state index in [2.05, 4.69) is 0 Å². The van der Waals surface area contributed by atoms with Crippen molar-refractivity contribution in [2.24, 2.45) is 17.8 Å². The molecule has 0 unspecified atom stereocenters. The van der Waals surface area contributed by atoms with Crippen molar-refractivity contribution in [3.05, 3.63) is 106 Å². The second-order valence-corrected chi connectivity index (χ2v) is 11.1. The van der Waals surface area contributed by atoms with Gasteiger partial charge in [0.05, 0.1) is 28.4 Å². The molecule has 212 valence electrons. The first kappa shape index (κ1) is 25.2. The zero-order valence-electron chi connectivity index (χ0n) is 22.7. The molecule has 0 aromatic heterocycles. The minimum absolute atomic E-state index is 0.0789. The number of nitro groups is 1. The number of benzene rings is 4. The Labute approximate surface area is 244 Å². The molecule has 10 nitrogen and oxygen atoms in total. The average Bonchev–Trinajstić information content (AvgIpc) is 3.58. The predicted octanol–water partition coefficient (Wildman–Crippen LogP) is 5.31. The molecule has 1 saturated heterocycles. The Morgan fingerprint density at radius 3 is 2.49 bits per heavy atom. The molecule has 4 aromatic rings. The van der Waals surface area contributed by atoms with Gasteiger partial charge in [-0.2, -0.15) is 0 Å². The van der Waals surface area contributed by atoms with E-state index in [4.69, 9.17) is 14.2 Å². The van der Waals surface area contributed by atoms with Crippen molar-refractivity contribution in [3.63, 3.8) is 0 Å². The van der Waals surface area contributed by atoms with Crippen LogP contribution in [0.15, 0.2) is 78.9 Å². The van der Waals surface area contributed by atoms with Crippen LogP contribution in [0, 0.1) is 34.8 Å². The molecule has 43 heavy (non-hydrogen) atoms. The molecule has 1 aliphatic carbocycles. The number of hydrogen-bond donors (Lipinski definition) is 0. The Balaban J connectivity index is 1.32. The molecule has 2 amide bonds. The van der Waals surface area contributed by atoms with E-state index in [-0.39, 0.29) is 18.2 Å². The lowest BCUT2D eigenvalue weighted by atomic mass is 9.64. The van der Waals surface area contributed by atoms with Crippen LogP contribution in [0.5, 0.6) is 17.2 Å². The minimum atomic E-state index is -1.05. The summed E-state index contributed by atoms with van der Waals surface area (Å²) in [6.45, 7) is 1.69. The van der Waals surface area contributed by atoms with Crippen molar-refractivity contribution < 1.29 is 33.5 Å². The molecule has 0 bridgehead atoms. The number of aryl methyl sites for hydroxylation is 1. The third-order valence-electron chi connectivity index (χ3n) is 8.90. The highest BCUT2D eigenvalue weighted by Crippen LogP contribution is 2.56. The predicted molar refractivity (Wildman–Crippen MR) is 154 cm³/mol. The lowest BCUT2D eigenvalue weighted by Gasteiger charge is -2.38. The highest BCUT2D eigenvalue weighted by Gasteiger charge is 2.60. The molecule has 10 heteroatoms. The fourth-order valence-electron chi connectivity index (χ4n) is 6.98. The number of anilines is 1. The molecule has 1 fully saturated rings. The number of amides is 2. The molecule has 8 rings (SSSR count). The van der Waals surface area contributed by atoms with Crippen molar-refractivity contribution >= 4 is 45.5 Å². The second-order valence-electron chi connectivity index (χ2n) is 11.1. The molecule has 0 spiro atoms. The SMILES string of the molecule is Cc1cc([N+](=O)[O-])ccc1N1C(=O)[C@@H]2[C@@H]3C(=O)Oc4c(ccc5ccccc45)C3=C[C@H](c3ccc4c(c3)OCO4)[C@H]2C1=O. The number of fused-ring (bicyclic) bond motifs is 8. The van der Waals surface area contributed by atoms with Crippen LogP contribution in [0.25, 0.3) is 16.3 Å². The number of esters is 1. The first-order valence-corrected chi connectivity index (χ1v) is 13.8. The van der Waals surface area contributed by atoms with Crippen LogP contribution in [0.2, 0.25) is 0 Å². The molecule has 0 N–H and O–H groups in total. The summed E-state index contributed by atoms with van der Waals surface area (Å²) in [5, 5.41) is 13.0. The van der Waals surface area contributed by atoms with Gasteiger partial charge in [0.25, 0.3) is 5.69 Å². The van der Waals surface area contributed by atoms with E-state index in [0.717, 1.165) is 21.2 Å². The van der Waals surface area contributed by atoms with Crippen LogP contribution in [0.4, 0.5) is 11.4 Å². The molecular weight excluding hydrogens is 552 g/mol. The Bertz CT molecular complexity index is 1980. The molecular formula is C33H22N2O8. The number of nitrogens with zero attached hydrogens (tertiary/aromatic N) is 2. The first-order valence-electron chi connectivity index (χ1n) is 13.8. The average molecular weight is 575 g/mol. The van der Waals surface area contributed by atoms with E-state index in [1.807, 2.05) is 48.5 Å². The number of imide groups is 1. The summed E-state index contributed by atoms with van der Waals surface area (Å²) >= 11 is 0. The minimum Gasteiger partial charge on any atom is -0.454 e. The fraction of sp³-hybridized carbons (Fsp3) is 0.182. The lowest BCUT2D eigenvalue weighted by molar-refractivity contribution is -0.384. The van der Waals surface area contributed by atoms with Crippen molar-refractivity contribution in [1.29, 1.82) is 0 Å². The van der Waals surface area contributed by atoms with Crippen LogP contribution in [-0.4, -0.2) is 29.5 Å². The number of nitro benzene ring substituents is 1. The summed E-state index contributed by atoms with van der Waals surface area (Å²) in [6, 6.07) is 20.8. The maximum atomic E-state index is 14.3. The van der Waals surface area contributed by atoms with Gasteiger partial charge in [-0.25, -0.2) is 4.90 Å². The monoisotopic (exact) mass is 574 g/mol. The second kappa shape index (κ2) is 8.99. The van der Waals surface area contributed by atoms with E-state index in [9.17, 15) is 24.5 Å². The van der Waals surface area contributed by atoms with E-state index in [1.54, 1.807) is 19.1 Å². The summed E-state index contributed by atoms with van der Waals surface area (Å²) < 4.78 is 17.1. The fourth-order valence-corrected chi connectivity index (χ4v) is 6.98. The van der Waals surface area contributed by atoms with Crippen molar-refractivity contribution in [3.8, 4) is 17.2 Å². The normalized spacial score (nSPS) is 23.4. The van der Waals surface area contributed by atoms with Crippen LogP contribution in [0.1, 0.15) is 22.6 Å². The Hall–Kier alpha value is -5.51. The van der Waals surface area contributed by atoms with Crippen LogP contribution in [-0.2, 0) is 14.4 Å². The maximum Gasteiger partial charge on any atom is 0.319 e. The Morgan fingerprint density at radius 1 is 0.884 bits per heavy atom. The van der Waals surface area contributed by atoms with Gasteiger partial charge in [-0.1, -0.05) is 48.5 Å². The Morgan fingerprint density at radius 2 is 1.67 bits per heavy atom. The van der Waals surface area contributed by atoms with Gasteiger partial charge in [-0.15, -0.1) is 0 Å². The van der Waals surface area contributed by atoms with E-state index < -0.39 is 46.4 Å². The van der Waals surface area contributed by atoms with Crippen LogP contribution in [0.3, 0.4) is 0 Å². The smallest absolute Gasteiger partial charge is 0.319 e. The molecule has 4 atom stereocenters. The van der Waals surface area contributed by atoms with Crippen LogP contribution >= 0.6 is 0 Å². The number of carbonyl (C=O) groups excluding carboxylic acids is 3. The largest absolute Gasteiger partial charge is 0.454 e. The summed E-state index contributed by atoms with van der Waals surface area (Å²) in [5.41, 5.74) is 2.54. The lowest BCUT2D eigenvalue weighted by Crippen LogP contribution is -2.42. The number of allylic oxidation sites excluding steroid dienone is 1. The molecule has 4 aromatic carbocycles. The van der Waals surface area contributed by atoms with E-state index >= 15 is 0 Å². The highest BCUT2D eigenvalue weighted by atomic mass is 16.7. The van der Waals surface area contributed by atoms with Gasteiger partial charge < -0.3 is 14.2 Å². The standard InChI is InChI=1S/C33H22N2O8/c1-16-12-19(35(39)40)8-10-24(16)34-31(36)27-22(18-7-11-25-26(13-18)42-15-41-25)14-23-21-9-6-17-4-2-3-5-20(17)30(21)43-33(38)28(23)29(27)32(34)37/h2-14,22,27-29H,15H2,1H3/t22-,27-,28-,29+/m1/s1. The highest BCUT2D eigenvalue weighted by molar-refractivity contribution is 6.25. The summed E-state index contributed by atoms with van der Waals surface area (Å²) in [4.78, 5) is 54.3. The van der Waals surface area contributed by atoms with Crippen LogP contribution < -0.4 is 19.1 Å². The molecule has 4 aliphatic rings. The van der Waals surface area contributed by atoms with Crippen molar-refractivity contribution in [2.75, 3.05) is 11.7 Å². The van der Waals surface area contributed by atoms with Gasteiger partial charge in [0, 0.05) is 29.0 Å². The van der Waals surface area contributed by atoms with Crippen molar-refractivity contribution in [1.82, 2.24) is 0 Å². The zero-order valence-corrected chi connectivity index (χ0v) is 22.7. The van der Waals surface area contributed by atoms with Gasteiger partial charge in [0.1, 0.15) is 5.75 Å². The van der Waals surface area contributed by atoms with E-state index in [0.29, 0.717) is 33.9 Å². The number of non-ortho nitro benzene ring substituents is 1. The van der Waals surface area contributed by atoms with Crippen molar-refractivity contribution in [2.45, 2.75) is 12.8 Å². The third-order valence-corrected chi connectivity index (χ3v) is 8.90. The zero-order chi connectivity index (χ0) is 29.6. The summed E-state index contributed by atoms with van der Waals surface area (Å²) in [7, 11) is 0. The topological polar surface area (TPSA) is 125 Å². The maximum absolute atomic E-state index is 14.3. The first-order chi connectivity index (χ1) is 20.8. The number of hydrogen-bond acceptors (Lipinski definition) is 8. The molecule has 0 radical (unpaired) electrons. The quantitative estimate of drug-likeness (QED) is 0.106. The van der Waals surface area contributed by atoms with Gasteiger partial charge in [-0.3, -0.25) is 24.5 Å².